The number of hydrogen-bond donors (Lipinski definition) is 0. The van der Waals surface area contributed by atoms with Crippen molar-refractivity contribution in [3.8, 4) is 5.75 Å². The summed E-state index contributed by atoms with van der Waals surface area (Å²) >= 11 is 11.5. The minimum atomic E-state index is -0.459. The first-order valence-electron chi connectivity index (χ1n) is 5.33. The Labute approximate surface area is 115 Å². The summed E-state index contributed by atoms with van der Waals surface area (Å²) in [6.07, 6.45) is 0. The van der Waals surface area contributed by atoms with Crippen molar-refractivity contribution in [3.63, 3.8) is 0 Å². The molecule has 1 rings (SSSR count). The summed E-state index contributed by atoms with van der Waals surface area (Å²) in [5.74, 6) is 1.33. The van der Waals surface area contributed by atoms with Gasteiger partial charge in [-0.25, -0.2) is 0 Å². The average Bonchev–Trinajstić information content (AvgIpc) is 2.37. The van der Waals surface area contributed by atoms with Crippen LogP contribution >= 0.6 is 23.2 Å². The van der Waals surface area contributed by atoms with Crippen LogP contribution in [0.2, 0.25) is 0 Å². The van der Waals surface area contributed by atoms with E-state index in [1.54, 1.807) is 6.07 Å². The molecule has 100 valence electrons. The number of rotatable bonds is 7. The van der Waals surface area contributed by atoms with Gasteiger partial charge in [0.25, 0.3) is 5.69 Å². The molecule has 0 saturated carbocycles. The van der Waals surface area contributed by atoms with Gasteiger partial charge < -0.3 is 9.64 Å². The number of nitro groups is 1. The Morgan fingerprint density at radius 1 is 1.33 bits per heavy atom. The second kappa shape index (κ2) is 7.28. The number of hydrogen-bond acceptors (Lipinski definition) is 4. The number of ether oxygens (including phenoxy) is 1. The number of methoxy groups -OCH3 is 1. The van der Waals surface area contributed by atoms with Crippen molar-refractivity contribution in [1.82, 2.24) is 0 Å². The summed E-state index contributed by atoms with van der Waals surface area (Å²) in [6.45, 7) is 1.20. The van der Waals surface area contributed by atoms with Crippen LogP contribution < -0.4 is 9.64 Å². The lowest BCUT2D eigenvalue weighted by Gasteiger charge is -2.24. The quantitative estimate of drug-likeness (QED) is 0.440. The van der Waals surface area contributed by atoms with Crippen LogP contribution in [-0.4, -0.2) is 36.9 Å². The average molecular weight is 293 g/mol. The predicted molar refractivity (Wildman–Crippen MR) is 73.3 cm³/mol. The Bertz CT molecular complexity index is 409. The van der Waals surface area contributed by atoms with E-state index in [2.05, 4.69) is 0 Å². The van der Waals surface area contributed by atoms with Gasteiger partial charge in [-0.1, -0.05) is 0 Å². The summed E-state index contributed by atoms with van der Waals surface area (Å²) in [5, 5.41) is 10.7. The Balaban J connectivity index is 3.09. The van der Waals surface area contributed by atoms with Crippen molar-refractivity contribution in [1.29, 1.82) is 0 Å². The van der Waals surface area contributed by atoms with Crippen molar-refractivity contribution in [2.75, 3.05) is 36.9 Å². The molecule has 0 aliphatic heterocycles. The highest BCUT2D eigenvalue weighted by molar-refractivity contribution is 6.18. The number of alkyl halides is 2. The number of non-ortho nitro benzene ring substituents is 1. The maximum Gasteiger partial charge on any atom is 0.273 e. The molecule has 1 aromatic carbocycles. The molecular weight excluding hydrogens is 279 g/mol. The van der Waals surface area contributed by atoms with Gasteiger partial charge >= 0.3 is 0 Å². The lowest BCUT2D eigenvalue weighted by Crippen LogP contribution is -2.28. The fourth-order valence-corrected chi connectivity index (χ4v) is 2.01. The molecule has 0 saturated heterocycles. The fourth-order valence-electron chi connectivity index (χ4n) is 1.60. The summed E-state index contributed by atoms with van der Waals surface area (Å²) in [5.41, 5.74) is 0.747. The zero-order chi connectivity index (χ0) is 13.5. The minimum absolute atomic E-state index is 0.00713. The molecule has 0 spiro atoms. The van der Waals surface area contributed by atoms with Gasteiger partial charge in [0.2, 0.25) is 0 Å². The number of nitrogens with zero attached hydrogens (tertiary/aromatic N) is 2. The van der Waals surface area contributed by atoms with Gasteiger partial charge in [-0.15, -0.1) is 23.2 Å². The maximum absolute atomic E-state index is 10.7. The number of halogens is 2. The molecule has 0 radical (unpaired) electrons. The Morgan fingerprint density at radius 3 is 2.39 bits per heavy atom. The molecule has 0 fully saturated rings. The molecule has 0 aromatic heterocycles. The highest BCUT2D eigenvalue weighted by Gasteiger charge is 2.15. The molecule has 0 N–H and O–H groups in total. The largest absolute Gasteiger partial charge is 0.494 e. The van der Waals surface area contributed by atoms with E-state index in [4.69, 9.17) is 27.9 Å². The third kappa shape index (κ3) is 3.65. The summed E-state index contributed by atoms with van der Waals surface area (Å²) in [7, 11) is 1.47. The smallest absolute Gasteiger partial charge is 0.273 e. The molecule has 0 unspecified atom stereocenters. The maximum atomic E-state index is 10.7. The standard InChI is InChI=1S/C11H14Cl2N2O3/c1-18-11-8-9(15(16)17)2-3-10(11)14(6-4-12)7-5-13/h2-3,8H,4-7H2,1H3. The highest BCUT2D eigenvalue weighted by Crippen LogP contribution is 2.32. The van der Waals surface area contributed by atoms with Crippen LogP contribution in [0.15, 0.2) is 18.2 Å². The zero-order valence-corrected chi connectivity index (χ0v) is 11.4. The molecular formula is C11H14Cl2N2O3. The van der Waals surface area contributed by atoms with Crippen LogP contribution in [0.4, 0.5) is 11.4 Å². The number of anilines is 1. The van der Waals surface area contributed by atoms with E-state index in [-0.39, 0.29) is 5.69 Å². The summed E-state index contributed by atoms with van der Waals surface area (Å²) in [4.78, 5) is 12.2. The van der Waals surface area contributed by atoms with E-state index in [1.165, 1.54) is 19.2 Å². The van der Waals surface area contributed by atoms with Crippen LogP contribution in [0, 0.1) is 10.1 Å². The molecule has 0 aliphatic rings. The van der Waals surface area contributed by atoms with Gasteiger partial charge in [-0.05, 0) is 6.07 Å². The molecule has 0 heterocycles. The first-order valence-corrected chi connectivity index (χ1v) is 6.40. The fraction of sp³-hybridized carbons (Fsp3) is 0.455. The Kier molecular flexibility index (Phi) is 6.01. The Morgan fingerprint density at radius 2 is 1.94 bits per heavy atom. The first kappa shape index (κ1) is 14.9. The number of benzene rings is 1. The molecule has 7 heteroatoms. The van der Waals surface area contributed by atoms with Gasteiger partial charge in [0.1, 0.15) is 5.75 Å². The Hall–Kier alpha value is -1.20. The van der Waals surface area contributed by atoms with Crippen LogP contribution in [0.25, 0.3) is 0 Å². The van der Waals surface area contributed by atoms with E-state index in [0.29, 0.717) is 30.6 Å². The third-order valence-electron chi connectivity index (χ3n) is 2.42. The van der Waals surface area contributed by atoms with Gasteiger partial charge in [-0.2, -0.15) is 0 Å². The van der Waals surface area contributed by atoms with Gasteiger partial charge in [-0.3, -0.25) is 10.1 Å². The third-order valence-corrected chi connectivity index (χ3v) is 2.76. The molecule has 1 aromatic rings. The highest BCUT2D eigenvalue weighted by atomic mass is 35.5. The molecule has 0 aliphatic carbocycles. The van der Waals surface area contributed by atoms with E-state index < -0.39 is 4.92 Å². The van der Waals surface area contributed by atoms with Gasteiger partial charge in [0.15, 0.2) is 0 Å². The lowest BCUT2D eigenvalue weighted by atomic mass is 10.2. The second-order valence-corrected chi connectivity index (χ2v) is 4.23. The molecule has 0 atom stereocenters. The van der Waals surface area contributed by atoms with Gasteiger partial charge in [0, 0.05) is 30.9 Å². The van der Waals surface area contributed by atoms with Crippen molar-refractivity contribution >= 4 is 34.6 Å². The van der Waals surface area contributed by atoms with E-state index in [9.17, 15) is 10.1 Å². The second-order valence-electron chi connectivity index (χ2n) is 3.48. The van der Waals surface area contributed by atoms with Crippen molar-refractivity contribution in [2.45, 2.75) is 0 Å². The van der Waals surface area contributed by atoms with Crippen molar-refractivity contribution < 1.29 is 9.66 Å². The lowest BCUT2D eigenvalue weighted by molar-refractivity contribution is -0.384. The predicted octanol–water partition coefficient (Wildman–Crippen LogP) is 2.89. The first-order chi connectivity index (χ1) is 8.63. The van der Waals surface area contributed by atoms with Crippen LogP contribution in [0.1, 0.15) is 0 Å². The van der Waals surface area contributed by atoms with E-state index in [1.807, 2.05) is 4.90 Å². The zero-order valence-electron chi connectivity index (χ0n) is 9.94. The minimum Gasteiger partial charge on any atom is -0.494 e. The van der Waals surface area contributed by atoms with Crippen molar-refractivity contribution in [2.24, 2.45) is 0 Å². The van der Waals surface area contributed by atoms with Crippen molar-refractivity contribution in [3.05, 3.63) is 28.3 Å². The van der Waals surface area contributed by atoms with E-state index in [0.717, 1.165) is 5.69 Å². The van der Waals surface area contributed by atoms with Crippen LogP contribution in [-0.2, 0) is 0 Å². The topological polar surface area (TPSA) is 55.6 Å². The normalized spacial score (nSPS) is 10.2. The van der Waals surface area contributed by atoms with E-state index >= 15 is 0 Å². The SMILES string of the molecule is COc1cc([N+](=O)[O-])ccc1N(CCCl)CCCl. The molecule has 5 nitrogen and oxygen atoms in total. The summed E-state index contributed by atoms with van der Waals surface area (Å²) in [6, 6.07) is 4.48. The molecule has 18 heavy (non-hydrogen) atoms. The monoisotopic (exact) mass is 292 g/mol. The molecule has 0 bridgehead atoms. The molecule has 0 amide bonds. The number of nitro benzene ring substituents is 1. The van der Waals surface area contributed by atoms with Crippen LogP contribution in [0.5, 0.6) is 5.75 Å². The van der Waals surface area contributed by atoms with Gasteiger partial charge in [0.05, 0.1) is 23.8 Å². The van der Waals surface area contributed by atoms with Crippen LogP contribution in [0.3, 0.4) is 0 Å². The summed E-state index contributed by atoms with van der Waals surface area (Å²) < 4.78 is 5.18.